The largest absolute Gasteiger partial charge is 0.369 e. The monoisotopic (exact) mass is 397 g/mol. The molecule has 1 amide bonds. The van der Waals surface area contributed by atoms with Crippen molar-refractivity contribution in [2.24, 2.45) is 0 Å². The number of aryl methyl sites for hydroxylation is 1. The zero-order valence-corrected chi connectivity index (χ0v) is 17.0. The molecule has 0 aromatic heterocycles. The van der Waals surface area contributed by atoms with Crippen molar-refractivity contribution in [2.45, 2.75) is 13.3 Å². The maximum atomic E-state index is 12.1. The van der Waals surface area contributed by atoms with Gasteiger partial charge in [-0.2, -0.15) is 0 Å². The number of carbonyl (C=O) groups excluding carboxylic acids is 1. The fourth-order valence-corrected chi connectivity index (χ4v) is 3.37. The van der Waals surface area contributed by atoms with Gasteiger partial charge in [-0.1, -0.05) is 30.3 Å². The van der Waals surface area contributed by atoms with Gasteiger partial charge in [0.2, 0.25) is 5.91 Å². The molecule has 0 spiro atoms. The second kappa shape index (κ2) is 10.1. The Morgan fingerprint density at radius 3 is 2.46 bits per heavy atom. The molecule has 148 valence electrons. The van der Waals surface area contributed by atoms with Crippen molar-refractivity contribution < 1.29 is 4.79 Å². The van der Waals surface area contributed by atoms with Gasteiger partial charge in [-0.25, -0.2) is 0 Å². The molecule has 2 aromatic rings. The van der Waals surface area contributed by atoms with E-state index in [1.165, 1.54) is 5.69 Å². The molecular weight excluding hydrogens is 370 g/mol. The summed E-state index contributed by atoms with van der Waals surface area (Å²) in [5, 5.41) is 3.42. The number of amides is 1. The summed E-state index contributed by atoms with van der Waals surface area (Å²) in [6.45, 7) is 6.64. The second-order valence-corrected chi connectivity index (χ2v) is 7.32. The van der Waals surface area contributed by atoms with Gasteiger partial charge in [-0.15, -0.1) is 0 Å². The average molecular weight is 398 g/mol. The van der Waals surface area contributed by atoms with Gasteiger partial charge in [0.25, 0.3) is 0 Å². The molecule has 7 heteroatoms. The molecule has 1 saturated heterocycles. The predicted octanol–water partition coefficient (Wildman–Crippen LogP) is 2.52. The number of nitrogens with one attached hydrogen (secondary N) is 3. The highest BCUT2D eigenvalue weighted by Crippen LogP contribution is 2.15. The van der Waals surface area contributed by atoms with E-state index in [0.29, 0.717) is 11.5 Å². The first-order chi connectivity index (χ1) is 13.6. The van der Waals surface area contributed by atoms with E-state index >= 15 is 0 Å². The number of thiocarbonyl (C=S) groups is 1. The standard InChI is InChI=1S/C21H27N5OS/c1-17-6-5-7-18(16-17)22-21(28)24-23-20(27)10-11-25-12-14-26(15-13-25)19-8-3-2-4-9-19/h2-9,16H,10-15H2,1H3,(H,23,27)(H2,22,24,28). The summed E-state index contributed by atoms with van der Waals surface area (Å²) in [7, 11) is 0. The van der Waals surface area contributed by atoms with Gasteiger partial charge in [0.1, 0.15) is 0 Å². The molecule has 1 aliphatic heterocycles. The molecule has 3 rings (SSSR count). The van der Waals surface area contributed by atoms with Crippen LogP contribution in [0.15, 0.2) is 54.6 Å². The summed E-state index contributed by atoms with van der Waals surface area (Å²) >= 11 is 5.21. The van der Waals surface area contributed by atoms with Crippen molar-refractivity contribution in [2.75, 3.05) is 42.9 Å². The molecule has 28 heavy (non-hydrogen) atoms. The SMILES string of the molecule is Cc1cccc(NC(=S)NNC(=O)CCN2CCN(c3ccccc3)CC2)c1. The van der Waals surface area contributed by atoms with Gasteiger partial charge in [-0.3, -0.25) is 20.5 Å². The fourth-order valence-electron chi connectivity index (χ4n) is 3.20. The maximum Gasteiger partial charge on any atom is 0.239 e. The van der Waals surface area contributed by atoms with Crippen LogP contribution in [-0.2, 0) is 4.79 Å². The van der Waals surface area contributed by atoms with E-state index in [4.69, 9.17) is 12.2 Å². The quantitative estimate of drug-likeness (QED) is 0.532. The summed E-state index contributed by atoms with van der Waals surface area (Å²) in [5.74, 6) is -0.0705. The first kappa shape index (κ1) is 20.1. The number of para-hydroxylation sites is 1. The number of hydrogen-bond acceptors (Lipinski definition) is 4. The van der Waals surface area contributed by atoms with Gasteiger partial charge in [0.05, 0.1) is 0 Å². The molecular formula is C21H27N5OS. The Morgan fingerprint density at radius 2 is 1.75 bits per heavy atom. The van der Waals surface area contributed by atoms with Crippen LogP contribution in [-0.4, -0.2) is 48.6 Å². The minimum absolute atomic E-state index is 0.0705. The molecule has 3 N–H and O–H groups in total. The zero-order valence-electron chi connectivity index (χ0n) is 16.1. The average Bonchev–Trinajstić information content (AvgIpc) is 2.72. The molecule has 1 aliphatic rings. The predicted molar refractivity (Wildman–Crippen MR) is 118 cm³/mol. The van der Waals surface area contributed by atoms with Crippen LogP contribution in [0.25, 0.3) is 0 Å². The van der Waals surface area contributed by atoms with Crippen LogP contribution in [0.1, 0.15) is 12.0 Å². The summed E-state index contributed by atoms with van der Waals surface area (Å²) in [5.41, 5.74) is 8.72. The number of rotatable bonds is 5. The van der Waals surface area contributed by atoms with Crippen molar-refractivity contribution in [3.63, 3.8) is 0 Å². The van der Waals surface area contributed by atoms with Gasteiger partial charge >= 0.3 is 0 Å². The van der Waals surface area contributed by atoms with Crippen LogP contribution in [0.3, 0.4) is 0 Å². The van der Waals surface area contributed by atoms with Crippen LogP contribution in [0.4, 0.5) is 11.4 Å². The maximum absolute atomic E-state index is 12.1. The normalized spacial score (nSPS) is 14.4. The third kappa shape index (κ3) is 6.21. The van der Waals surface area contributed by atoms with Crippen molar-refractivity contribution in [1.29, 1.82) is 0 Å². The molecule has 0 aliphatic carbocycles. The van der Waals surface area contributed by atoms with E-state index in [0.717, 1.165) is 44.0 Å². The number of anilines is 2. The van der Waals surface area contributed by atoms with E-state index in [2.05, 4.69) is 50.2 Å². The van der Waals surface area contributed by atoms with Crippen LogP contribution in [0.2, 0.25) is 0 Å². The van der Waals surface area contributed by atoms with Crippen LogP contribution < -0.4 is 21.1 Å². The third-order valence-electron chi connectivity index (χ3n) is 4.74. The summed E-state index contributed by atoms with van der Waals surface area (Å²) in [6.07, 6.45) is 0.436. The Morgan fingerprint density at radius 1 is 1.00 bits per heavy atom. The minimum atomic E-state index is -0.0705. The summed E-state index contributed by atoms with van der Waals surface area (Å²) < 4.78 is 0. The number of benzene rings is 2. The zero-order chi connectivity index (χ0) is 19.8. The van der Waals surface area contributed by atoms with Gasteiger partial charge in [0.15, 0.2) is 5.11 Å². The van der Waals surface area contributed by atoms with Crippen molar-refractivity contribution in [3.05, 3.63) is 60.2 Å². The highest BCUT2D eigenvalue weighted by molar-refractivity contribution is 7.80. The number of hydrogen-bond donors (Lipinski definition) is 3. The molecule has 0 atom stereocenters. The van der Waals surface area contributed by atoms with Gasteiger partial charge in [-0.05, 0) is 49.0 Å². The first-order valence-electron chi connectivity index (χ1n) is 9.55. The molecule has 2 aromatic carbocycles. The Hall–Kier alpha value is -2.64. The first-order valence-corrected chi connectivity index (χ1v) is 9.96. The van der Waals surface area contributed by atoms with Crippen LogP contribution >= 0.6 is 12.2 Å². The fraction of sp³-hybridized carbons (Fsp3) is 0.333. The van der Waals surface area contributed by atoms with Crippen molar-refractivity contribution >= 4 is 34.6 Å². The van der Waals surface area contributed by atoms with E-state index in [9.17, 15) is 4.79 Å². The van der Waals surface area contributed by atoms with Gasteiger partial charge in [0, 0.05) is 50.5 Å². The van der Waals surface area contributed by atoms with Crippen molar-refractivity contribution in [3.8, 4) is 0 Å². The smallest absolute Gasteiger partial charge is 0.239 e. The van der Waals surface area contributed by atoms with E-state index in [1.807, 2.05) is 37.3 Å². The summed E-state index contributed by atoms with van der Waals surface area (Å²) in [6, 6.07) is 18.3. The van der Waals surface area contributed by atoms with E-state index in [-0.39, 0.29) is 5.91 Å². The highest BCUT2D eigenvalue weighted by Gasteiger charge is 2.17. The Labute approximate surface area is 171 Å². The molecule has 0 saturated carbocycles. The van der Waals surface area contributed by atoms with Crippen LogP contribution in [0, 0.1) is 6.92 Å². The summed E-state index contributed by atoms with van der Waals surface area (Å²) in [4.78, 5) is 16.8. The number of hydrazine groups is 1. The lowest BCUT2D eigenvalue weighted by atomic mass is 10.2. The molecule has 6 nitrogen and oxygen atoms in total. The molecule has 1 fully saturated rings. The molecule has 0 radical (unpaired) electrons. The van der Waals surface area contributed by atoms with Crippen LogP contribution in [0.5, 0.6) is 0 Å². The second-order valence-electron chi connectivity index (χ2n) is 6.91. The van der Waals surface area contributed by atoms with Crippen molar-refractivity contribution in [1.82, 2.24) is 15.8 Å². The Balaban J connectivity index is 1.32. The Bertz CT molecular complexity index is 790. The van der Waals surface area contributed by atoms with E-state index < -0.39 is 0 Å². The Kier molecular flexibility index (Phi) is 7.22. The number of nitrogens with zero attached hydrogens (tertiary/aromatic N) is 2. The molecule has 1 heterocycles. The third-order valence-corrected chi connectivity index (χ3v) is 4.94. The van der Waals surface area contributed by atoms with E-state index in [1.54, 1.807) is 0 Å². The number of piperazine rings is 1. The highest BCUT2D eigenvalue weighted by atomic mass is 32.1. The molecule has 0 unspecified atom stereocenters. The minimum Gasteiger partial charge on any atom is -0.369 e. The lowest BCUT2D eigenvalue weighted by Crippen LogP contribution is -2.48. The molecule has 0 bridgehead atoms. The lowest BCUT2D eigenvalue weighted by Gasteiger charge is -2.36. The van der Waals surface area contributed by atoms with Gasteiger partial charge < -0.3 is 10.2 Å². The topological polar surface area (TPSA) is 59.6 Å². The lowest BCUT2D eigenvalue weighted by molar-refractivity contribution is -0.122. The number of carbonyl (C=O) groups is 1.